The van der Waals surface area contributed by atoms with Crippen LogP contribution in [-0.2, 0) is 4.79 Å². The standard InChI is InChI=1S/C18H25F2N3O2.2ClH/c1-25-14-6-4-13(5-7-14)16(23-8-2-3-9-23)11-21-17(24)15-10-18(19,20)12-22-15;;/h4-7,15-16,22H,2-3,8-12H2,1H3,(H,21,24);2*1H. The summed E-state index contributed by atoms with van der Waals surface area (Å²) in [7, 11) is 1.62. The fourth-order valence-corrected chi connectivity index (χ4v) is 3.56. The Morgan fingerprint density at radius 1 is 1.30 bits per heavy atom. The van der Waals surface area contributed by atoms with E-state index in [0.717, 1.165) is 37.2 Å². The predicted molar refractivity (Wildman–Crippen MR) is 105 cm³/mol. The van der Waals surface area contributed by atoms with E-state index in [4.69, 9.17) is 4.74 Å². The molecular formula is C18H27Cl2F2N3O2. The number of ether oxygens (including phenoxy) is 1. The van der Waals surface area contributed by atoms with Gasteiger partial charge in [0.15, 0.2) is 0 Å². The second-order valence-electron chi connectivity index (χ2n) is 6.77. The van der Waals surface area contributed by atoms with Crippen LogP contribution in [0.1, 0.15) is 30.9 Å². The summed E-state index contributed by atoms with van der Waals surface area (Å²) >= 11 is 0. The molecule has 2 N–H and O–H groups in total. The van der Waals surface area contributed by atoms with Crippen molar-refractivity contribution < 1.29 is 18.3 Å². The van der Waals surface area contributed by atoms with Gasteiger partial charge in [-0.2, -0.15) is 0 Å². The molecule has 1 aromatic rings. The van der Waals surface area contributed by atoms with E-state index in [9.17, 15) is 13.6 Å². The van der Waals surface area contributed by atoms with Gasteiger partial charge in [-0.05, 0) is 43.6 Å². The lowest BCUT2D eigenvalue weighted by molar-refractivity contribution is -0.123. The molecule has 0 bridgehead atoms. The number of benzene rings is 1. The molecule has 5 nitrogen and oxygen atoms in total. The Kier molecular flexibility index (Phi) is 9.21. The number of amides is 1. The molecule has 1 amide bonds. The first-order valence-corrected chi connectivity index (χ1v) is 8.75. The average Bonchev–Trinajstić information content (AvgIpc) is 3.25. The normalized spacial score (nSPS) is 22.4. The Labute approximate surface area is 171 Å². The van der Waals surface area contributed by atoms with E-state index in [0.29, 0.717) is 6.54 Å². The first kappa shape index (κ1) is 23.9. The summed E-state index contributed by atoms with van der Waals surface area (Å²) < 4.78 is 31.7. The molecule has 3 rings (SSSR count). The zero-order valence-corrected chi connectivity index (χ0v) is 16.9. The van der Waals surface area contributed by atoms with E-state index in [2.05, 4.69) is 15.5 Å². The lowest BCUT2D eigenvalue weighted by atomic mass is 10.0. The van der Waals surface area contributed by atoms with Crippen molar-refractivity contribution in [3.63, 3.8) is 0 Å². The number of methoxy groups -OCH3 is 1. The van der Waals surface area contributed by atoms with Gasteiger partial charge >= 0.3 is 0 Å². The van der Waals surface area contributed by atoms with Crippen LogP contribution in [0.15, 0.2) is 24.3 Å². The van der Waals surface area contributed by atoms with Gasteiger partial charge in [0.1, 0.15) is 5.75 Å². The Balaban J connectivity index is 0.00000182. The van der Waals surface area contributed by atoms with Crippen molar-refractivity contribution in [2.24, 2.45) is 0 Å². The van der Waals surface area contributed by atoms with Crippen molar-refractivity contribution in [1.82, 2.24) is 15.5 Å². The van der Waals surface area contributed by atoms with Crippen molar-refractivity contribution in [1.29, 1.82) is 0 Å². The number of hydrogen-bond acceptors (Lipinski definition) is 4. The summed E-state index contributed by atoms with van der Waals surface area (Å²) in [5.41, 5.74) is 1.09. The monoisotopic (exact) mass is 425 g/mol. The van der Waals surface area contributed by atoms with Crippen LogP contribution in [0.5, 0.6) is 5.75 Å². The Morgan fingerprint density at radius 2 is 1.93 bits per heavy atom. The molecule has 2 heterocycles. The molecule has 0 radical (unpaired) electrons. The summed E-state index contributed by atoms with van der Waals surface area (Å²) in [6.45, 7) is 1.94. The highest BCUT2D eigenvalue weighted by molar-refractivity contribution is 5.85. The zero-order chi connectivity index (χ0) is 17.9. The van der Waals surface area contributed by atoms with Crippen molar-refractivity contribution in [3.05, 3.63) is 29.8 Å². The van der Waals surface area contributed by atoms with E-state index in [-0.39, 0.29) is 36.8 Å². The van der Waals surface area contributed by atoms with Crippen LogP contribution in [0.25, 0.3) is 0 Å². The third-order valence-electron chi connectivity index (χ3n) is 4.98. The highest BCUT2D eigenvalue weighted by Gasteiger charge is 2.42. The minimum atomic E-state index is -2.80. The fraction of sp³-hybridized carbons (Fsp3) is 0.611. The van der Waals surface area contributed by atoms with Crippen LogP contribution >= 0.6 is 24.8 Å². The van der Waals surface area contributed by atoms with Crippen LogP contribution < -0.4 is 15.4 Å². The van der Waals surface area contributed by atoms with Gasteiger partial charge < -0.3 is 10.1 Å². The van der Waals surface area contributed by atoms with Crippen molar-refractivity contribution in [2.45, 2.75) is 37.3 Å². The van der Waals surface area contributed by atoms with Gasteiger partial charge in [-0.15, -0.1) is 24.8 Å². The van der Waals surface area contributed by atoms with E-state index in [1.165, 1.54) is 0 Å². The van der Waals surface area contributed by atoms with Gasteiger partial charge in [-0.25, -0.2) is 8.78 Å². The molecule has 154 valence electrons. The molecule has 2 saturated heterocycles. The number of hydrogen-bond donors (Lipinski definition) is 2. The Hall–Kier alpha value is -1.15. The van der Waals surface area contributed by atoms with Crippen molar-refractivity contribution in [3.8, 4) is 5.75 Å². The van der Waals surface area contributed by atoms with Gasteiger partial charge in [-0.1, -0.05) is 12.1 Å². The van der Waals surface area contributed by atoms with Crippen LogP contribution in [0, 0.1) is 0 Å². The second kappa shape index (κ2) is 10.4. The molecule has 2 unspecified atom stereocenters. The highest BCUT2D eigenvalue weighted by Crippen LogP contribution is 2.27. The second-order valence-corrected chi connectivity index (χ2v) is 6.77. The number of likely N-dealkylation sites (tertiary alicyclic amines) is 1. The van der Waals surface area contributed by atoms with Crippen molar-refractivity contribution in [2.75, 3.05) is 33.3 Å². The van der Waals surface area contributed by atoms with E-state index < -0.39 is 24.9 Å². The van der Waals surface area contributed by atoms with Crippen LogP contribution in [0.4, 0.5) is 8.78 Å². The molecule has 2 atom stereocenters. The lowest BCUT2D eigenvalue weighted by Crippen LogP contribution is -2.44. The summed E-state index contributed by atoms with van der Waals surface area (Å²) in [4.78, 5) is 14.6. The molecule has 0 saturated carbocycles. The van der Waals surface area contributed by atoms with E-state index in [1.807, 2.05) is 24.3 Å². The van der Waals surface area contributed by atoms with Crippen LogP contribution in [-0.4, -0.2) is 56.1 Å². The number of rotatable bonds is 6. The van der Waals surface area contributed by atoms with Crippen LogP contribution in [0.2, 0.25) is 0 Å². The molecule has 2 fully saturated rings. The average molecular weight is 426 g/mol. The Morgan fingerprint density at radius 3 is 2.44 bits per heavy atom. The van der Waals surface area contributed by atoms with Gasteiger partial charge in [0.05, 0.1) is 25.7 Å². The molecular weight excluding hydrogens is 399 g/mol. The number of carbonyl (C=O) groups is 1. The zero-order valence-electron chi connectivity index (χ0n) is 15.2. The van der Waals surface area contributed by atoms with Gasteiger partial charge in [0.25, 0.3) is 5.92 Å². The van der Waals surface area contributed by atoms with E-state index >= 15 is 0 Å². The van der Waals surface area contributed by atoms with Crippen molar-refractivity contribution >= 4 is 30.7 Å². The smallest absolute Gasteiger partial charge is 0.262 e. The molecule has 2 aliphatic heterocycles. The summed E-state index contributed by atoms with van der Waals surface area (Å²) in [5, 5.41) is 5.46. The fourth-order valence-electron chi connectivity index (χ4n) is 3.56. The summed E-state index contributed by atoms with van der Waals surface area (Å²) in [6, 6.07) is 7.02. The molecule has 27 heavy (non-hydrogen) atoms. The summed E-state index contributed by atoms with van der Waals surface area (Å²) in [5.74, 6) is -2.37. The van der Waals surface area contributed by atoms with Crippen LogP contribution in [0.3, 0.4) is 0 Å². The topological polar surface area (TPSA) is 53.6 Å². The molecule has 1 aromatic carbocycles. The quantitative estimate of drug-likeness (QED) is 0.735. The molecule has 0 aromatic heterocycles. The maximum Gasteiger partial charge on any atom is 0.262 e. The third kappa shape index (κ3) is 6.17. The first-order chi connectivity index (χ1) is 12.0. The van der Waals surface area contributed by atoms with E-state index in [1.54, 1.807) is 7.11 Å². The molecule has 9 heteroatoms. The SMILES string of the molecule is COc1ccc(C(CNC(=O)C2CC(F)(F)CN2)N2CCCC2)cc1.Cl.Cl. The minimum Gasteiger partial charge on any atom is -0.497 e. The maximum atomic E-state index is 13.3. The molecule has 2 aliphatic rings. The maximum absolute atomic E-state index is 13.3. The molecule has 0 spiro atoms. The van der Waals surface area contributed by atoms with Gasteiger partial charge in [-0.3, -0.25) is 15.0 Å². The van der Waals surface area contributed by atoms with Gasteiger partial charge in [0, 0.05) is 13.0 Å². The highest BCUT2D eigenvalue weighted by atomic mass is 35.5. The van der Waals surface area contributed by atoms with Gasteiger partial charge in [0.2, 0.25) is 5.91 Å². The lowest BCUT2D eigenvalue weighted by Gasteiger charge is -2.28. The molecule has 0 aliphatic carbocycles. The minimum absolute atomic E-state index is 0. The number of halogens is 4. The third-order valence-corrected chi connectivity index (χ3v) is 4.98. The summed E-state index contributed by atoms with van der Waals surface area (Å²) in [6.07, 6.45) is 1.84. The predicted octanol–water partition coefficient (Wildman–Crippen LogP) is 2.79. The number of alkyl halides is 2. The largest absolute Gasteiger partial charge is 0.497 e. The number of nitrogens with one attached hydrogen (secondary N) is 2. The number of carbonyl (C=O) groups excluding carboxylic acids is 1. The first-order valence-electron chi connectivity index (χ1n) is 8.75. The Bertz CT molecular complexity index is 599. The number of nitrogens with zero attached hydrogens (tertiary/aromatic N) is 1.